The average molecular weight is 242 g/mol. The number of nitrogens with zero attached hydrogens (tertiary/aromatic N) is 1. The molecule has 3 nitrogen and oxygen atoms in total. The number of benzene rings is 1. The Hall–Kier alpha value is -1.68. The summed E-state index contributed by atoms with van der Waals surface area (Å²) in [5.74, 6) is -1.40. The van der Waals surface area contributed by atoms with Gasteiger partial charge >= 0.3 is 7.40 Å². The third-order valence-electron chi connectivity index (χ3n) is 2.12. The van der Waals surface area contributed by atoms with Crippen LogP contribution in [0.5, 0.6) is 0 Å². The van der Waals surface area contributed by atoms with Crippen LogP contribution in [0.15, 0.2) is 30.5 Å². The van der Waals surface area contributed by atoms with Crippen molar-refractivity contribution < 1.29 is 28.1 Å². The Balaban J connectivity index is 0.00000128. The van der Waals surface area contributed by atoms with E-state index in [1.807, 2.05) is 0 Å². The van der Waals surface area contributed by atoms with E-state index in [1.165, 1.54) is 6.07 Å². The molecular weight excluding hydrogens is 233 g/mol. The number of fused-ring (bicyclic) bond motifs is 1. The topological polar surface area (TPSA) is 50.2 Å². The molecule has 0 unspecified atom stereocenters. The number of rotatable bonds is 2. The largest absolute Gasteiger partial charge is 1.00 e. The minimum absolute atomic E-state index is 0. The van der Waals surface area contributed by atoms with E-state index in [1.54, 1.807) is 18.2 Å². The number of aliphatic carboxylic acids is 1. The van der Waals surface area contributed by atoms with Crippen LogP contribution in [0.1, 0.15) is 6.99 Å². The van der Waals surface area contributed by atoms with Crippen molar-refractivity contribution >= 4 is 16.9 Å². The minimum atomic E-state index is -0.938. The van der Waals surface area contributed by atoms with E-state index in [-0.39, 0.29) is 20.3 Å². The first kappa shape index (κ1) is 12.4. The van der Waals surface area contributed by atoms with Crippen molar-refractivity contribution in [2.45, 2.75) is 6.42 Å². The second kappa shape index (κ2) is 4.90. The SMILES string of the molecule is O=C(O)Cc1cccc2ncc(F)cc12.[Cl-].[H+]. The van der Waals surface area contributed by atoms with Gasteiger partial charge in [0.2, 0.25) is 0 Å². The number of carbonyl (C=O) groups is 1. The Bertz CT molecular complexity index is 536. The summed E-state index contributed by atoms with van der Waals surface area (Å²) in [5.41, 5.74) is 1.18. The molecule has 84 valence electrons. The van der Waals surface area contributed by atoms with Gasteiger partial charge in [-0.15, -0.1) is 0 Å². The standard InChI is InChI=1S/C11H8FNO2.ClH/c12-8-5-9-7(4-11(14)15)2-1-3-10(9)13-6-8;/h1-3,5-6H,4H2,(H,14,15);1H. The first-order valence-corrected chi connectivity index (χ1v) is 4.42. The Morgan fingerprint density at radius 1 is 1.50 bits per heavy atom. The molecule has 2 aromatic rings. The van der Waals surface area contributed by atoms with Crippen LogP contribution in [0.2, 0.25) is 0 Å². The van der Waals surface area contributed by atoms with Gasteiger partial charge in [-0.05, 0) is 17.7 Å². The minimum Gasteiger partial charge on any atom is -1.00 e. The van der Waals surface area contributed by atoms with Crippen molar-refractivity contribution in [1.29, 1.82) is 0 Å². The maximum absolute atomic E-state index is 12.9. The lowest BCUT2D eigenvalue weighted by molar-refractivity contribution is -0.136. The molecule has 2 rings (SSSR count). The summed E-state index contributed by atoms with van der Waals surface area (Å²) < 4.78 is 12.9. The zero-order valence-corrected chi connectivity index (χ0v) is 8.91. The summed E-state index contributed by atoms with van der Waals surface area (Å²) in [6.07, 6.45) is 0.995. The zero-order chi connectivity index (χ0) is 10.8. The smallest absolute Gasteiger partial charge is 1.00 e. The van der Waals surface area contributed by atoms with Crippen LogP contribution in [-0.2, 0) is 11.2 Å². The molecule has 16 heavy (non-hydrogen) atoms. The summed E-state index contributed by atoms with van der Waals surface area (Å²) in [4.78, 5) is 14.5. The number of hydrogen-bond acceptors (Lipinski definition) is 2. The fraction of sp³-hybridized carbons (Fsp3) is 0.0909. The number of pyridine rings is 1. The van der Waals surface area contributed by atoms with Gasteiger partial charge in [0.1, 0.15) is 5.82 Å². The monoisotopic (exact) mass is 241 g/mol. The van der Waals surface area contributed by atoms with Crippen molar-refractivity contribution in [3.63, 3.8) is 0 Å². The van der Waals surface area contributed by atoms with Crippen LogP contribution in [0, 0.1) is 5.82 Å². The lowest BCUT2D eigenvalue weighted by Crippen LogP contribution is -3.00. The summed E-state index contributed by atoms with van der Waals surface area (Å²) in [7, 11) is 0. The van der Waals surface area contributed by atoms with Gasteiger partial charge < -0.3 is 17.5 Å². The van der Waals surface area contributed by atoms with Gasteiger partial charge in [-0.2, -0.15) is 0 Å². The van der Waals surface area contributed by atoms with Crippen LogP contribution in [0.25, 0.3) is 10.9 Å². The number of hydrogen-bond donors (Lipinski definition) is 1. The van der Waals surface area contributed by atoms with Gasteiger partial charge in [0, 0.05) is 5.39 Å². The fourth-order valence-electron chi connectivity index (χ4n) is 1.50. The highest BCUT2D eigenvalue weighted by Crippen LogP contribution is 2.18. The Kier molecular flexibility index (Phi) is 3.79. The lowest BCUT2D eigenvalue weighted by atomic mass is 10.1. The van der Waals surface area contributed by atoms with E-state index in [2.05, 4.69) is 4.98 Å². The quantitative estimate of drug-likeness (QED) is 0.743. The molecule has 5 heteroatoms. The second-order valence-electron chi connectivity index (χ2n) is 3.21. The fourth-order valence-corrected chi connectivity index (χ4v) is 1.50. The van der Waals surface area contributed by atoms with Gasteiger partial charge in [0.25, 0.3) is 0 Å². The molecule has 0 aliphatic rings. The van der Waals surface area contributed by atoms with Gasteiger partial charge in [-0.25, -0.2) is 4.39 Å². The van der Waals surface area contributed by atoms with Gasteiger partial charge in [-0.1, -0.05) is 12.1 Å². The van der Waals surface area contributed by atoms with Gasteiger partial charge in [0.05, 0.1) is 18.1 Å². The maximum atomic E-state index is 12.9. The van der Waals surface area contributed by atoms with E-state index in [0.717, 1.165) is 6.20 Å². The van der Waals surface area contributed by atoms with Crippen LogP contribution in [-0.4, -0.2) is 16.1 Å². The van der Waals surface area contributed by atoms with Gasteiger partial charge in [0.15, 0.2) is 0 Å². The van der Waals surface area contributed by atoms with Gasteiger partial charge in [-0.3, -0.25) is 9.78 Å². The van der Waals surface area contributed by atoms with E-state index in [0.29, 0.717) is 16.5 Å². The number of carboxylic acids is 1. The van der Waals surface area contributed by atoms with E-state index < -0.39 is 11.8 Å². The van der Waals surface area contributed by atoms with E-state index in [9.17, 15) is 9.18 Å². The molecule has 0 bridgehead atoms. The molecule has 0 spiro atoms. The third-order valence-corrected chi connectivity index (χ3v) is 2.12. The highest BCUT2D eigenvalue weighted by molar-refractivity contribution is 5.85. The first-order valence-electron chi connectivity index (χ1n) is 4.42. The van der Waals surface area contributed by atoms with Crippen molar-refractivity contribution in [3.05, 3.63) is 41.8 Å². The number of aromatic nitrogens is 1. The average Bonchev–Trinajstić information content (AvgIpc) is 2.18. The van der Waals surface area contributed by atoms with Crippen LogP contribution in [0.4, 0.5) is 4.39 Å². The van der Waals surface area contributed by atoms with Crippen molar-refractivity contribution in [3.8, 4) is 0 Å². The maximum Gasteiger partial charge on any atom is 1.00 e. The Labute approximate surface area is 98.8 Å². The molecule has 1 aromatic heterocycles. The molecule has 0 saturated heterocycles. The highest BCUT2D eigenvalue weighted by Gasteiger charge is 2.06. The van der Waals surface area contributed by atoms with Crippen LogP contribution in [0.3, 0.4) is 0 Å². The molecule has 0 aliphatic carbocycles. The zero-order valence-electron chi connectivity index (χ0n) is 9.15. The van der Waals surface area contributed by atoms with Crippen LogP contribution < -0.4 is 12.4 Å². The van der Waals surface area contributed by atoms with Crippen molar-refractivity contribution in [2.24, 2.45) is 0 Å². The summed E-state index contributed by atoms with van der Waals surface area (Å²) >= 11 is 0. The predicted molar refractivity (Wildman–Crippen MR) is 54.2 cm³/mol. The number of carboxylic acid groups (broad SMARTS) is 1. The molecule has 1 heterocycles. The summed E-state index contributed by atoms with van der Waals surface area (Å²) in [6.45, 7) is 0. The summed E-state index contributed by atoms with van der Waals surface area (Å²) in [5, 5.41) is 9.24. The normalized spacial score (nSPS) is 9.81. The molecule has 0 atom stereocenters. The molecule has 0 amide bonds. The van der Waals surface area contributed by atoms with E-state index >= 15 is 0 Å². The van der Waals surface area contributed by atoms with Crippen molar-refractivity contribution in [2.75, 3.05) is 0 Å². The van der Waals surface area contributed by atoms with Crippen LogP contribution >= 0.6 is 0 Å². The second-order valence-corrected chi connectivity index (χ2v) is 3.21. The van der Waals surface area contributed by atoms with Crippen molar-refractivity contribution in [1.82, 2.24) is 4.98 Å². The molecule has 1 aromatic carbocycles. The Morgan fingerprint density at radius 3 is 2.94 bits per heavy atom. The number of halogens is 2. The first-order chi connectivity index (χ1) is 7.16. The predicted octanol–water partition coefficient (Wildman–Crippen LogP) is -0.883. The highest BCUT2D eigenvalue weighted by atomic mass is 35.5. The lowest BCUT2D eigenvalue weighted by Gasteiger charge is -2.03. The third kappa shape index (κ3) is 2.46. The summed E-state index contributed by atoms with van der Waals surface area (Å²) in [6, 6.07) is 6.41. The molecule has 1 N–H and O–H groups in total. The van der Waals surface area contributed by atoms with E-state index in [4.69, 9.17) is 5.11 Å². The molecule has 0 saturated carbocycles. The molecule has 0 fully saturated rings. The molecular formula is C11H9ClFNO2. The molecule has 0 aliphatic heterocycles. The molecule has 0 radical (unpaired) electrons. The Morgan fingerprint density at radius 2 is 2.25 bits per heavy atom.